The number of carbonyl (C=O) groups is 1. The first-order valence-corrected chi connectivity index (χ1v) is 6.59. The third-order valence-electron chi connectivity index (χ3n) is 3.25. The first-order chi connectivity index (χ1) is 9.20. The maximum Gasteiger partial charge on any atom is 0.240 e. The summed E-state index contributed by atoms with van der Waals surface area (Å²) in [7, 11) is 0. The Morgan fingerprint density at radius 2 is 2.47 bits per heavy atom. The number of aryl methyl sites for hydroxylation is 1. The fourth-order valence-electron chi connectivity index (χ4n) is 2.32. The minimum atomic E-state index is -0.0850. The highest BCUT2D eigenvalue weighted by Gasteiger charge is 2.26. The SMILES string of the molecule is C#CCN(Cc1cccc(C)n1)C(=O)[C@H]1CCCN1. The van der Waals surface area contributed by atoms with Crippen molar-refractivity contribution in [1.82, 2.24) is 15.2 Å². The van der Waals surface area contributed by atoms with Gasteiger partial charge in [0.05, 0.1) is 24.8 Å². The fourth-order valence-corrected chi connectivity index (χ4v) is 2.32. The molecule has 0 aliphatic carbocycles. The van der Waals surface area contributed by atoms with E-state index in [1.165, 1.54) is 0 Å². The summed E-state index contributed by atoms with van der Waals surface area (Å²) in [5.74, 6) is 2.64. The van der Waals surface area contributed by atoms with Crippen molar-refractivity contribution >= 4 is 5.91 Å². The van der Waals surface area contributed by atoms with Gasteiger partial charge in [0.2, 0.25) is 5.91 Å². The van der Waals surface area contributed by atoms with Crippen molar-refractivity contribution in [1.29, 1.82) is 0 Å². The van der Waals surface area contributed by atoms with Crippen LogP contribution in [0.2, 0.25) is 0 Å². The second kappa shape index (κ2) is 6.35. The monoisotopic (exact) mass is 257 g/mol. The predicted octanol–water partition coefficient (Wildman–Crippen LogP) is 1.10. The molecule has 0 saturated carbocycles. The molecule has 1 aromatic rings. The molecule has 0 spiro atoms. The Labute approximate surface area is 114 Å². The lowest BCUT2D eigenvalue weighted by Gasteiger charge is -2.23. The Kier molecular flexibility index (Phi) is 4.53. The number of aromatic nitrogens is 1. The quantitative estimate of drug-likeness (QED) is 0.822. The largest absolute Gasteiger partial charge is 0.324 e. The van der Waals surface area contributed by atoms with E-state index in [1.807, 2.05) is 25.1 Å². The van der Waals surface area contributed by atoms with Gasteiger partial charge in [-0.1, -0.05) is 12.0 Å². The number of hydrogen-bond acceptors (Lipinski definition) is 3. The van der Waals surface area contributed by atoms with E-state index >= 15 is 0 Å². The Hall–Kier alpha value is -1.86. The van der Waals surface area contributed by atoms with Crippen LogP contribution < -0.4 is 5.32 Å². The first kappa shape index (κ1) is 13.6. The second-order valence-electron chi connectivity index (χ2n) is 4.82. The Morgan fingerprint density at radius 3 is 3.11 bits per heavy atom. The van der Waals surface area contributed by atoms with Crippen LogP contribution in [0.4, 0.5) is 0 Å². The van der Waals surface area contributed by atoms with Gasteiger partial charge < -0.3 is 10.2 Å². The molecular formula is C15H19N3O. The molecule has 4 nitrogen and oxygen atoms in total. The molecule has 1 N–H and O–H groups in total. The Balaban J connectivity index is 2.07. The Bertz CT molecular complexity index is 486. The number of nitrogens with one attached hydrogen (secondary N) is 1. The van der Waals surface area contributed by atoms with Crippen molar-refractivity contribution < 1.29 is 4.79 Å². The van der Waals surface area contributed by atoms with Crippen molar-refractivity contribution in [2.24, 2.45) is 0 Å². The molecule has 1 fully saturated rings. The molecule has 1 aliphatic heterocycles. The minimum Gasteiger partial charge on any atom is -0.324 e. The highest BCUT2D eigenvalue weighted by molar-refractivity contribution is 5.82. The fraction of sp³-hybridized carbons (Fsp3) is 0.467. The normalized spacial score (nSPS) is 18.0. The maximum absolute atomic E-state index is 12.4. The predicted molar refractivity (Wildman–Crippen MR) is 74.2 cm³/mol. The van der Waals surface area contributed by atoms with E-state index < -0.39 is 0 Å². The molecule has 19 heavy (non-hydrogen) atoms. The van der Waals surface area contributed by atoms with Crippen molar-refractivity contribution in [2.45, 2.75) is 32.4 Å². The molecule has 2 rings (SSSR count). The van der Waals surface area contributed by atoms with Crippen molar-refractivity contribution in [3.8, 4) is 12.3 Å². The van der Waals surface area contributed by atoms with Crippen molar-refractivity contribution in [2.75, 3.05) is 13.1 Å². The second-order valence-corrected chi connectivity index (χ2v) is 4.82. The lowest BCUT2D eigenvalue weighted by molar-refractivity contribution is -0.133. The van der Waals surface area contributed by atoms with E-state index in [0.717, 1.165) is 30.8 Å². The summed E-state index contributed by atoms with van der Waals surface area (Å²) in [6.07, 6.45) is 7.30. The zero-order chi connectivity index (χ0) is 13.7. The first-order valence-electron chi connectivity index (χ1n) is 6.59. The number of terminal acetylenes is 1. The number of pyridine rings is 1. The van der Waals surface area contributed by atoms with E-state index in [4.69, 9.17) is 6.42 Å². The van der Waals surface area contributed by atoms with Crippen LogP contribution in [0.15, 0.2) is 18.2 Å². The average molecular weight is 257 g/mol. The van der Waals surface area contributed by atoms with Crippen molar-refractivity contribution in [3.05, 3.63) is 29.6 Å². The summed E-state index contributed by atoms with van der Waals surface area (Å²) in [4.78, 5) is 18.5. The molecule has 2 heterocycles. The molecular weight excluding hydrogens is 238 g/mol. The van der Waals surface area contributed by atoms with Crippen LogP contribution in [0.25, 0.3) is 0 Å². The number of rotatable bonds is 4. The van der Waals surface area contributed by atoms with E-state index in [2.05, 4.69) is 16.2 Å². The van der Waals surface area contributed by atoms with E-state index in [0.29, 0.717) is 13.1 Å². The lowest BCUT2D eigenvalue weighted by atomic mass is 10.2. The van der Waals surface area contributed by atoms with E-state index in [1.54, 1.807) is 4.90 Å². The minimum absolute atomic E-state index is 0.0822. The molecule has 1 saturated heterocycles. The zero-order valence-electron chi connectivity index (χ0n) is 11.2. The molecule has 1 atom stereocenters. The molecule has 4 heteroatoms. The third kappa shape index (κ3) is 3.55. The van der Waals surface area contributed by atoms with E-state index in [9.17, 15) is 4.79 Å². The van der Waals surface area contributed by atoms with Gasteiger partial charge in [-0.15, -0.1) is 6.42 Å². The number of hydrogen-bond donors (Lipinski definition) is 1. The number of amides is 1. The van der Waals surface area contributed by atoms with Crippen LogP contribution in [0.1, 0.15) is 24.2 Å². The van der Waals surface area contributed by atoms with Gasteiger partial charge in [-0.05, 0) is 38.4 Å². The highest BCUT2D eigenvalue weighted by atomic mass is 16.2. The topological polar surface area (TPSA) is 45.2 Å². The van der Waals surface area contributed by atoms with Gasteiger partial charge in [0.15, 0.2) is 0 Å². The summed E-state index contributed by atoms with van der Waals surface area (Å²) in [6, 6.07) is 5.73. The van der Waals surface area contributed by atoms with Crippen LogP contribution in [-0.2, 0) is 11.3 Å². The van der Waals surface area contributed by atoms with Gasteiger partial charge in [0.1, 0.15) is 0 Å². The van der Waals surface area contributed by atoms with Crippen LogP contribution in [-0.4, -0.2) is 34.9 Å². The molecule has 0 unspecified atom stereocenters. The van der Waals surface area contributed by atoms with Gasteiger partial charge in [0.25, 0.3) is 0 Å². The van der Waals surface area contributed by atoms with Gasteiger partial charge >= 0.3 is 0 Å². The van der Waals surface area contributed by atoms with Crippen LogP contribution in [0.5, 0.6) is 0 Å². The third-order valence-corrected chi connectivity index (χ3v) is 3.25. The molecule has 0 aromatic carbocycles. The summed E-state index contributed by atoms with van der Waals surface area (Å²) in [5, 5.41) is 3.21. The highest BCUT2D eigenvalue weighted by Crippen LogP contribution is 2.11. The zero-order valence-corrected chi connectivity index (χ0v) is 11.2. The molecule has 0 radical (unpaired) electrons. The molecule has 1 amide bonds. The molecule has 0 bridgehead atoms. The van der Waals surface area contributed by atoms with Gasteiger partial charge in [0, 0.05) is 5.69 Å². The summed E-state index contributed by atoms with van der Waals surface area (Å²) in [5.41, 5.74) is 1.83. The maximum atomic E-state index is 12.4. The summed E-state index contributed by atoms with van der Waals surface area (Å²) in [6.45, 7) is 3.65. The number of carbonyl (C=O) groups excluding carboxylic acids is 1. The van der Waals surface area contributed by atoms with Crippen LogP contribution >= 0.6 is 0 Å². The average Bonchev–Trinajstić information content (AvgIpc) is 2.91. The molecule has 1 aliphatic rings. The Morgan fingerprint density at radius 1 is 1.63 bits per heavy atom. The van der Waals surface area contributed by atoms with Gasteiger partial charge in [-0.3, -0.25) is 9.78 Å². The summed E-state index contributed by atoms with van der Waals surface area (Å²) >= 11 is 0. The van der Waals surface area contributed by atoms with Crippen LogP contribution in [0.3, 0.4) is 0 Å². The molecule has 100 valence electrons. The van der Waals surface area contributed by atoms with E-state index in [-0.39, 0.29) is 11.9 Å². The standard InChI is InChI=1S/C15H19N3O/c1-3-10-18(15(19)14-8-5-9-16-14)11-13-7-4-6-12(2)17-13/h1,4,6-7,14,16H,5,8-11H2,2H3/t14-/m1/s1. The van der Waals surface area contributed by atoms with Crippen LogP contribution in [0, 0.1) is 19.3 Å². The van der Waals surface area contributed by atoms with Gasteiger partial charge in [-0.2, -0.15) is 0 Å². The number of nitrogens with zero attached hydrogens (tertiary/aromatic N) is 2. The van der Waals surface area contributed by atoms with Crippen molar-refractivity contribution in [3.63, 3.8) is 0 Å². The smallest absolute Gasteiger partial charge is 0.240 e. The van der Waals surface area contributed by atoms with Gasteiger partial charge in [-0.25, -0.2) is 0 Å². The molecule has 1 aromatic heterocycles. The summed E-state index contributed by atoms with van der Waals surface area (Å²) < 4.78 is 0. The lowest BCUT2D eigenvalue weighted by Crippen LogP contribution is -2.43.